The number of hydrogen-bond donors (Lipinski definition) is 2. The maximum absolute atomic E-state index is 12.4. The van der Waals surface area contributed by atoms with Crippen LogP contribution in [0.4, 0.5) is 5.69 Å². The van der Waals surface area contributed by atoms with Gasteiger partial charge in [0.05, 0.1) is 17.2 Å². The highest BCUT2D eigenvalue weighted by atomic mass is 32.2. The second-order valence-electron chi connectivity index (χ2n) is 4.54. The second kappa shape index (κ2) is 6.71. The predicted molar refractivity (Wildman–Crippen MR) is 82.3 cm³/mol. The number of rotatable bonds is 6. The van der Waals surface area contributed by atoms with Crippen LogP contribution in [0.5, 0.6) is 0 Å². The van der Waals surface area contributed by atoms with Crippen LogP contribution in [0.25, 0.3) is 0 Å². The van der Waals surface area contributed by atoms with E-state index in [1.165, 1.54) is 0 Å². The van der Waals surface area contributed by atoms with Crippen LogP contribution in [-0.2, 0) is 27.9 Å². The number of anilines is 1. The summed E-state index contributed by atoms with van der Waals surface area (Å²) in [6.45, 7) is 0.717. The molecule has 21 heavy (non-hydrogen) atoms. The highest BCUT2D eigenvalue weighted by molar-refractivity contribution is 7.92. The van der Waals surface area contributed by atoms with Crippen molar-refractivity contribution in [1.29, 1.82) is 0 Å². The van der Waals surface area contributed by atoms with Gasteiger partial charge < -0.3 is 10.5 Å². The summed E-state index contributed by atoms with van der Waals surface area (Å²) in [5.41, 5.74) is 7.69. The number of hydrogen-bond acceptors (Lipinski definition) is 4. The van der Waals surface area contributed by atoms with Crippen molar-refractivity contribution in [1.82, 2.24) is 0 Å². The van der Waals surface area contributed by atoms with E-state index in [0.29, 0.717) is 18.8 Å². The van der Waals surface area contributed by atoms with Crippen LogP contribution in [0.3, 0.4) is 0 Å². The van der Waals surface area contributed by atoms with E-state index in [2.05, 4.69) is 4.72 Å². The van der Waals surface area contributed by atoms with E-state index in [9.17, 15) is 8.42 Å². The van der Waals surface area contributed by atoms with E-state index >= 15 is 0 Å². The van der Waals surface area contributed by atoms with Gasteiger partial charge in [0, 0.05) is 19.2 Å². The standard InChI is InChI=1S/C15H18N2O3S/c1-20-11-13-4-2-3-5-15(13)17-21(18,19)14-8-6-12(10-16)7-9-14/h2-9,17H,10-11,16H2,1H3. The fraction of sp³-hybridized carbons (Fsp3) is 0.200. The molecule has 0 aromatic heterocycles. The molecule has 0 aliphatic rings. The normalized spacial score (nSPS) is 11.3. The zero-order chi connectivity index (χ0) is 15.3. The lowest BCUT2D eigenvalue weighted by Crippen LogP contribution is -2.14. The number of benzene rings is 2. The first-order chi connectivity index (χ1) is 10.1. The molecule has 0 unspecified atom stereocenters. The van der Waals surface area contributed by atoms with E-state index in [1.807, 2.05) is 12.1 Å². The minimum absolute atomic E-state index is 0.201. The summed E-state index contributed by atoms with van der Waals surface area (Å²) in [6.07, 6.45) is 0. The van der Waals surface area contributed by atoms with Gasteiger partial charge in [0.2, 0.25) is 0 Å². The Bertz CT molecular complexity index is 697. The van der Waals surface area contributed by atoms with E-state index in [4.69, 9.17) is 10.5 Å². The molecule has 0 heterocycles. The number of para-hydroxylation sites is 1. The molecule has 0 saturated carbocycles. The van der Waals surface area contributed by atoms with Crippen LogP contribution in [0.2, 0.25) is 0 Å². The largest absolute Gasteiger partial charge is 0.380 e. The van der Waals surface area contributed by atoms with Gasteiger partial charge in [0.25, 0.3) is 10.0 Å². The van der Waals surface area contributed by atoms with Gasteiger partial charge in [0.15, 0.2) is 0 Å². The summed E-state index contributed by atoms with van der Waals surface area (Å²) in [5.74, 6) is 0. The molecule has 2 aromatic carbocycles. The van der Waals surface area contributed by atoms with Crippen molar-refractivity contribution in [3.63, 3.8) is 0 Å². The fourth-order valence-corrected chi connectivity index (χ4v) is 3.01. The first kappa shape index (κ1) is 15.5. The van der Waals surface area contributed by atoms with E-state index in [1.54, 1.807) is 43.5 Å². The highest BCUT2D eigenvalue weighted by Gasteiger charge is 2.15. The van der Waals surface area contributed by atoms with Crippen molar-refractivity contribution in [2.75, 3.05) is 11.8 Å². The lowest BCUT2D eigenvalue weighted by molar-refractivity contribution is 0.185. The first-order valence-electron chi connectivity index (χ1n) is 6.45. The molecule has 0 amide bonds. The fourth-order valence-electron chi connectivity index (χ4n) is 1.91. The molecule has 3 N–H and O–H groups in total. The topological polar surface area (TPSA) is 81.4 Å². The SMILES string of the molecule is COCc1ccccc1NS(=O)(=O)c1ccc(CN)cc1. The van der Waals surface area contributed by atoms with Crippen LogP contribution in [0.1, 0.15) is 11.1 Å². The average molecular weight is 306 g/mol. The van der Waals surface area contributed by atoms with Crippen molar-refractivity contribution in [2.45, 2.75) is 18.0 Å². The molecule has 5 nitrogen and oxygen atoms in total. The lowest BCUT2D eigenvalue weighted by Gasteiger charge is -2.12. The van der Waals surface area contributed by atoms with Crippen molar-refractivity contribution in [3.05, 3.63) is 59.7 Å². The Morgan fingerprint density at radius 1 is 1.10 bits per heavy atom. The third-order valence-corrected chi connectivity index (χ3v) is 4.41. The molecular weight excluding hydrogens is 288 g/mol. The predicted octanol–water partition coefficient (Wildman–Crippen LogP) is 2.09. The van der Waals surface area contributed by atoms with Gasteiger partial charge in [-0.1, -0.05) is 30.3 Å². The Morgan fingerprint density at radius 3 is 2.38 bits per heavy atom. The first-order valence-corrected chi connectivity index (χ1v) is 7.94. The van der Waals surface area contributed by atoms with Crippen LogP contribution in [-0.4, -0.2) is 15.5 Å². The average Bonchev–Trinajstić information content (AvgIpc) is 2.49. The van der Waals surface area contributed by atoms with Crippen molar-refractivity contribution < 1.29 is 13.2 Å². The summed E-state index contributed by atoms with van der Waals surface area (Å²) in [4.78, 5) is 0.201. The monoisotopic (exact) mass is 306 g/mol. The smallest absolute Gasteiger partial charge is 0.261 e. The molecule has 0 atom stereocenters. The number of ether oxygens (including phenoxy) is 1. The minimum Gasteiger partial charge on any atom is -0.380 e. The summed E-state index contributed by atoms with van der Waals surface area (Å²) in [6, 6.07) is 13.6. The number of methoxy groups -OCH3 is 1. The van der Waals surface area contributed by atoms with Crippen molar-refractivity contribution in [3.8, 4) is 0 Å². The summed E-state index contributed by atoms with van der Waals surface area (Å²) in [7, 11) is -2.06. The van der Waals surface area contributed by atoms with Gasteiger partial charge in [-0.2, -0.15) is 0 Å². The van der Waals surface area contributed by atoms with Crippen LogP contribution in [0, 0.1) is 0 Å². The Morgan fingerprint density at radius 2 is 1.76 bits per heavy atom. The molecule has 2 rings (SSSR count). The summed E-state index contributed by atoms with van der Waals surface area (Å²) < 4.78 is 32.4. The zero-order valence-corrected chi connectivity index (χ0v) is 12.6. The van der Waals surface area contributed by atoms with Gasteiger partial charge in [-0.3, -0.25) is 4.72 Å². The molecule has 0 bridgehead atoms. The Kier molecular flexibility index (Phi) is 4.95. The summed E-state index contributed by atoms with van der Waals surface area (Å²) in [5, 5.41) is 0. The lowest BCUT2D eigenvalue weighted by atomic mass is 10.2. The quantitative estimate of drug-likeness (QED) is 0.856. The molecule has 0 saturated heterocycles. The number of nitrogens with one attached hydrogen (secondary N) is 1. The Balaban J connectivity index is 2.28. The van der Waals surface area contributed by atoms with Gasteiger partial charge in [-0.05, 0) is 23.8 Å². The molecule has 112 valence electrons. The van der Waals surface area contributed by atoms with Gasteiger partial charge in [-0.15, -0.1) is 0 Å². The Hall–Kier alpha value is -1.89. The maximum Gasteiger partial charge on any atom is 0.261 e. The molecule has 0 aliphatic carbocycles. The molecule has 0 radical (unpaired) electrons. The minimum atomic E-state index is -3.63. The van der Waals surface area contributed by atoms with Gasteiger partial charge >= 0.3 is 0 Å². The van der Waals surface area contributed by atoms with Crippen LogP contribution >= 0.6 is 0 Å². The van der Waals surface area contributed by atoms with E-state index in [-0.39, 0.29) is 4.90 Å². The molecule has 0 aliphatic heterocycles. The third-order valence-electron chi connectivity index (χ3n) is 3.03. The van der Waals surface area contributed by atoms with Crippen LogP contribution in [0.15, 0.2) is 53.4 Å². The molecule has 0 spiro atoms. The third kappa shape index (κ3) is 3.81. The van der Waals surface area contributed by atoms with Gasteiger partial charge in [0.1, 0.15) is 0 Å². The van der Waals surface area contributed by atoms with E-state index in [0.717, 1.165) is 11.1 Å². The second-order valence-corrected chi connectivity index (χ2v) is 6.23. The van der Waals surface area contributed by atoms with E-state index < -0.39 is 10.0 Å². The molecule has 2 aromatic rings. The van der Waals surface area contributed by atoms with Crippen LogP contribution < -0.4 is 10.5 Å². The maximum atomic E-state index is 12.4. The molecule has 6 heteroatoms. The number of nitrogens with two attached hydrogens (primary N) is 1. The highest BCUT2D eigenvalue weighted by Crippen LogP contribution is 2.21. The zero-order valence-electron chi connectivity index (χ0n) is 11.7. The number of sulfonamides is 1. The molecular formula is C15H18N2O3S. The molecule has 0 fully saturated rings. The Labute approximate surface area is 124 Å². The summed E-state index contributed by atoms with van der Waals surface area (Å²) >= 11 is 0. The van der Waals surface area contributed by atoms with Crippen molar-refractivity contribution in [2.24, 2.45) is 5.73 Å². The van der Waals surface area contributed by atoms with Gasteiger partial charge in [-0.25, -0.2) is 8.42 Å². The van der Waals surface area contributed by atoms with Crippen molar-refractivity contribution >= 4 is 15.7 Å².